The smallest absolute Gasteiger partial charge is 0.239 e. The lowest BCUT2D eigenvalue weighted by Crippen LogP contribution is -2.44. The van der Waals surface area contributed by atoms with Crippen LogP contribution in [0.5, 0.6) is 0 Å². The SMILES string of the molecule is CC(C)C(N)C(=O)N(C)Cc1cccc(F)c1. The van der Waals surface area contributed by atoms with Gasteiger partial charge in [0.05, 0.1) is 6.04 Å². The first-order valence-corrected chi connectivity index (χ1v) is 5.67. The molecule has 0 aliphatic heterocycles. The minimum Gasteiger partial charge on any atom is -0.340 e. The molecule has 0 fully saturated rings. The summed E-state index contributed by atoms with van der Waals surface area (Å²) in [7, 11) is 1.68. The molecule has 0 saturated heterocycles. The van der Waals surface area contributed by atoms with Gasteiger partial charge in [-0.1, -0.05) is 26.0 Å². The number of likely N-dealkylation sites (N-methyl/N-ethyl adjacent to an activating group) is 1. The lowest BCUT2D eigenvalue weighted by molar-refractivity contribution is -0.132. The summed E-state index contributed by atoms with van der Waals surface area (Å²) in [6, 6.07) is 5.71. The molecule has 0 bridgehead atoms. The van der Waals surface area contributed by atoms with Crippen LogP contribution in [0.4, 0.5) is 4.39 Å². The third kappa shape index (κ3) is 3.82. The van der Waals surface area contributed by atoms with Crippen molar-refractivity contribution >= 4 is 5.91 Å². The first kappa shape index (κ1) is 13.6. The number of carbonyl (C=O) groups excluding carboxylic acids is 1. The molecule has 1 aromatic carbocycles. The Hall–Kier alpha value is -1.42. The Morgan fingerprint density at radius 2 is 2.12 bits per heavy atom. The van der Waals surface area contributed by atoms with E-state index in [1.807, 2.05) is 13.8 Å². The van der Waals surface area contributed by atoms with E-state index >= 15 is 0 Å². The van der Waals surface area contributed by atoms with E-state index in [4.69, 9.17) is 5.73 Å². The summed E-state index contributed by atoms with van der Waals surface area (Å²) in [6.45, 7) is 4.17. The van der Waals surface area contributed by atoms with Gasteiger partial charge < -0.3 is 10.6 Å². The van der Waals surface area contributed by atoms with Crippen molar-refractivity contribution in [3.63, 3.8) is 0 Å². The minimum absolute atomic E-state index is 0.0949. The molecule has 0 saturated carbocycles. The van der Waals surface area contributed by atoms with E-state index in [0.29, 0.717) is 6.54 Å². The summed E-state index contributed by atoms with van der Waals surface area (Å²) in [5.74, 6) is -0.321. The van der Waals surface area contributed by atoms with E-state index in [2.05, 4.69) is 0 Å². The Morgan fingerprint density at radius 3 is 2.65 bits per heavy atom. The van der Waals surface area contributed by atoms with Crippen molar-refractivity contribution in [3.05, 3.63) is 35.6 Å². The summed E-state index contributed by atoms with van der Waals surface area (Å²) in [5.41, 5.74) is 6.54. The highest BCUT2D eigenvalue weighted by Gasteiger charge is 2.20. The summed E-state index contributed by atoms with van der Waals surface area (Å²) < 4.78 is 13.0. The number of rotatable bonds is 4. The summed E-state index contributed by atoms with van der Waals surface area (Å²) in [6.07, 6.45) is 0. The van der Waals surface area contributed by atoms with Crippen LogP contribution in [0.2, 0.25) is 0 Å². The van der Waals surface area contributed by atoms with Crippen LogP contribution < -0.4 is 5.73 Å². The van der Waals surface area contributed by atoms with Gasteiger partial charge in [0.15, 0.2) is 0 Å². The van der Waals surface area contributed by atoms with E-state index in [1.54, 1.807) is 19.2 Å². The Bertz CT molecular complexity index is 393. The van der Waals surface area contributed by atoms with Crippen molar-refractivity contribution in [2.75, 3.05) is 7.05 Å². The fourth-order valence-corrected chi connectivity index (χ4v) is 1.53. The van der Waals surface area contributed by atoms with Crippen LogP contribution in [0.15, 0.2) is 24.3 Å². The van der Waals surface area contributed by atoms with E-state index < -0.39 is 6.04 Å². The Labute approximate surface area is 101 Å². The largest absolute Gasteiger partial charge is 0.340 e. The van der Waals surface area contributed by atoms with E-state index in [-0.39, 0.29) is 17.6 Å². The summed E-state index contributed by atoms with van der Waals surface area (Å²) in [5, 5.41) is 0. The molecule has 1 unspecified atom stereocenters. The van der Waals surface area contributed by atoms with Crippen LogP contribution in [0.25, 0.3) is 0 Å². The van der Waals surface area contributed by atoms with Crippen molar-refractivity contribution in [2.45, 2.75) is 26.4 Å². The highest BCUT2D eigenvalue weighted by atomic mass is 19.1. The van der Waals surface area contributed by atoms with Crippen LogP contribution in [0.1, 0.15) is 19.4 Å². The zero-order chi connectivity index (χ0) is 13.0. The van der Waals surface area contributed by atoms with Gasteiger partial charge in [-0.3, -0.25) is 4.79 Å². The Morgan fingerprint density at radius 1 is 1.47 bits per heavy atom. The normalized spacial score (nSPS) is 12.6. The second-order valence-corrected chi connectivity index (χ2v) is 4.59. The number of halogens is 1. The van der Waals surface area contributed by atoms with Crippen LogP contribution in [-0.2, 0) is 11.3 Å². The molecule has 0 aliphatic rings. The van der Waals surface area contributed by atoms with E-state index in [1.165, 1.54) is 17.0 Å². The van der Waals surface area contributed by atoms with Gasteiger partial charge >= 0.3 is 0 Å². The van der Waals surface area contributed by atoms with Crippen molar-refractivity contribution in [1.82, 2.24) is 4.90 Å². The molecule has 0 spiro atoms. The number of nitrogens with two attached hydrogens (primary N) is 1. The lowest BCUT2D eigenvalue weighted by Gasteiger charge is -2.23. The molecule has 0 aromatic heterocycles. The van der Waals surface area contributed by atoms with Crippen LogP contribution in [0, 0.1) is 11.7 Å². The molecule has 4 heteroatoms. The zero-order valence-corrected chi connectivity index (χ0v) is 10.5. The quantitative estimate of drug-likeness (QED) is 0.869. The number of amides is 1. The van der Waals surface area contributed by atoms with Gasteiger partial charge in [-0.15, -0.1) is 0 Å². The number of benzene rings is 1. The van der Waals surface area contributed by atoms with Crippen molar-refractivity contribution in [1.29, 1.82) is 0 Å². The minimum atomic E-state index is -0.506. The fraction of sp³-hybridized carbons (Fsp3) is 0.462. The maximum Gasteiger partial charge on any atom is 0.239 e. The summed E-state index contributed by atoms with van der Waals surface area (Å²) >= 11 is 0. The number of hydrogen-bond acceptors (Lipinski definition) is 2. The molecule has 3 nitrogen and oxygen atoms in total. The molecule has 0 aliphatic carbocycles. The second-order valence-electron chi connectivity index (χ2n) is 4.59. The van der Waals surface area contributed by atoms with Gasteiger partial charge in [-0.25, -0.2) is 4.39 Å². The number of carbonyl (C=O) groups is 1. The maximum atomic E-state index is 13.0. The van der Waals surface area contributed by atoms with Crippen molar-refractivity contribution < 1.29 is 9.18 Å². The molecule has 17 heavy (non-hydrogen) atoms. The highest BCUT2D eigenvalue weighted by Crippen LogP contribution is 2.09. The zero-order valence-electron chi connectivity index (χ0n) is 10.5. The van der Waals surface area contributed by atoms with Crippen LogP contribution in [-0.4, -0.2) is 23.9 Å². The molecule has 0 heterocycles. The second kappa shape index (κ2) is 5.77. The van der Waals surface area contributed by atoms with Gasteiger partial charge in [-0.2, -0.15) is 0 Å². The fourth-order valence-electron chi connectivity index (χ4n) is 1.53. The Balaban J connectivity index is 2.66. The van der Waals surface area contributed by atoms with Crippen LogP contribution in [0.3, 0.4) is 0 Å². The van der Waals surface area contributed by atoms with E-state index in [9.17, 15) is 9.18 Å². The lowest BCUT2D eigenvalue weighted by atomic mass is 10.0. The number of hydrogen-bond donors (Lipinski definition) is 1. The Kier molecular flexibility index (Phi) is 4.63. The average molecular weight is 238 g/mol. The molecule has 0 radical (unpaired) electrons. The standard InChI is InChI=1S/C13H19FN2O/c1-9(2)12(15)13(17)16(3)8-10-5-4-6-11(14)7-10/h4-7,9,12H,8,15H2,1-3H3. The molecular weight excluding hydrogens is 219 g/mol. The van der Waals surface area contributed by atoms with Crippen LogP contribution >= 0.6 is 0 Å². The third-order valence-corrected chi connectivity index (χ3v) is 2.69. The molecule has 1 atom stereocenters. The third-order valence-electron chi connectivity index (χ3n) is 2.69. The predicted octanol–water partition coefficient (Wildman–Crippen LogP) is 1.77. The maximum absolute atomic E-state index is 13.0. The molecule has 94 valence electrons. The van der Waals surface area contributed by atoms with Gasteiger partial charge in [0.25, 0.3) is 0 Å². The predicted molar refractivity (Wildman–Crippen MR) is 65.7 cm³/mol. The average Bonchev–Trinajstić information content (AvgIpc) is 2.26. The first-order chi connectivity index (χ1) is 7.91. The molecule has 1 rings (SSSR count). The van der Waals surface area contributed by atoms with Gasteiger partial charge in [-0.05, 0) is 23.6 Å². The first-order valence-electron chi connectivity index (χ1n) is 5.67. The molecular formula is C13H19FN2O. The molecule has 2 N–H and O–H groups in total. The van der Waals surface area contributed by atoms with Gasteiger partial charge in [0, 0.05) is 13.6 Å². The van der Waals surface area contributed by atoms with Crippen molar-refractivity contribution in [3.8, 4) is 0 Å². The highest BCUT2D eigenvalue weighted by molar-refractivity contribution is 5.81. The monoisotopic (exact) mass is 238 g/mol. The molecule has 1 amide bonds. The van der Waals surface area contributed by atoms with Crippen molar-refractivity contribution in [2.24, 2.45) is 11.7 Å². The van der Waals surface area contributed by atoms with Gasteiger partial charge in [0.2, 0.25) is 5.91 Å². The topological polar surface area (TPSA) is 46.3 Å². The summed E-state index contributed by atoms with van der Waals surface area (Å²) in [4.78, 5) is 13.4. The van der Waals surface area contributed by atoms with Gasteiger partial charge in [0.1, 0.15) is 5.82 Å². The molecule has 1 aromatic rings. The van der Waals surface area contributed by atoms with E-state index in [0.717, 1.165) is 5.56 Å². The number of nitrogens with zero attached hydrogens (tertiary/aromatic N) is 1.